The normalized spacial score (nSPS) is 13.5. The van der Waals surface area contributed by atoms with E-state index in [0.29, 0.717) is 22.7 Å². The van der Waals surface area contributed by atoms with Crippen molar-refractivity contribution in [2.45, 2.75) is 45.5 Å². The SMILES string of the molecule is CC(C)n1c(=O)[nH]c2cc(CC(C)n3c(=O)[nH]c4ccc(F)c(C(F)(F)F)c43)ccc21. The molecule has 0 aliphatic heterocycles. The summed E-state index contributed by atoms with van der Waals surface area (Å²) in [6.07, 6.45) is -4.76. The molecule has 0 radical (unpaired) electrons. The van der Waals surface area contributed by atoms with Crippen molar-refractivity contribution in [2.75, 3.05) is 0 Å². The van der Waals surface area contributed by atoms with Crippen LogP contribution >= 0.6 is 0 Å². The molecule has 1 atom stereocenters. The molecule has 2 heterocycles. The maximum absolute atomic E-state index is 14.1. The van der Waals surface area contributed by atoms with Crippen LogP contribution in [0.25, 0.3) is 22.1 Å². The van der Waals surface area contributed by atoms with E-state index in [1.165, 1.54) is 0 Å². The van der Waals surface area contributed by atoms with Crippen LogP contribution in [-0.2, 0) is 12.6 Å². The molecule has 4 rings (SSSR count). The van der Waals surface area contributed by atoms with Gasteiger partial charge in [0.15, 0.2) is 0 Å². The number of aromatic amines is 2. The van der Waals surface area contributed by atoms with Gasteiger partial charge in [-0.25, -0.2) is 14.0 Å². The highest BCUT2D eigenvalue weighted by molar-refractivity contribution is 5.80. The molecule has 1 unspecified atom stereocenters. The quantitative estimate of drug-likeness (QED) is 0.462. The summed E-state index contributed by atoms with van der Waals surface area (Å²) in [6.45, 7) is 5.35. The molecule has 4 aromatic rings. The van der Waals surface area contributed by atoms with E-state index in [4.69, 9.17) is 0 Å². The number of imidazole rings is 2. The van der Waals surface area contributed by atoms with Gasteiger partial charge in [0, 0.05) is 12.1 Å². The summed E-state index contributed by atoms with van der Waals surface area (Å²) >= 11 is 0. The second-order valence-corrected chi connectivity index (χ2v) is 7.92. The molecule has 0 bridgehead atoms. The molecule has 0 saturated carbocycles. The smallest absolute Gasteiger partial charge is 0.306 e. The van der Waals surface area contributed by atoms with Gasteiger partial charge < -0.3 is 9.97 Å². The minimum atomic E-state index is -4.96. The van der Waals surface area contributed by atoms with Crippen LogP contribution in [0.3, 0.4) is 0 Å². The summed E-state index contributed by atoms with van der Waals surface area (Å²) < 4.78 is 57.2. The van der Waals surface area contributed by atoms with Crippen LogP contribution in [0.2, 0.25) is 0 Å². The molecule has 2 aromatic heterocycles. The number of alkyl halides is 3. The van der Waals surface area contributed by atoms with Gasteiger partial charge in [0.05, 0.1) is 22.1 Å². The average molecular weight is 436 g/mol. The first kappa shape index (κ1) is 21.0. The van der Waals surface area contributed by atoms with E-state index < -0.39 is 34.8 Å². The van der Waals surface area contributed by atoms with E-state index >= 15 is 0 Å². The Morgan fingerprint density at radius 1 is 0.935 bits per heavy atom. The van der Waals surface area contributed by atoms with Crippen LogP contribution in [0.15, 0.2) is 39.9 Å². The Labute approximate surface area is 173 Å². The third-order valence-electron chi connectivity index (χ3n) is 5.38. The van der Waals surface area contributed by atoms with Crippen molar-refractivity contribution in [3.63, 3.8) is 0 Å². The van der Waals surface area contributed by atoms with E-state index in [9.17, 15) is 27.2 Å². The number of hydrogen-bond donors (Lipinski definition) is 2. The van der Waals surface area contributed by atoms with E-state index in [1.54, 1.807) is 29.7 Å². The number of halogens is 4. The fourth-order valence-corrected chi connectivity index (χ4v) is 4.14. The highest BCUT2D eigenvalue weighted by Crippen LogP contribution is 2.37. The highest BCUT2D eigenvalue weighted by Gasteiger charge is 2.38. The Kier molecular flexibility index (Phi) is 4.83. The Bertz CT molecular complexity index is 1410. The second kappa shape index (κ2) is 7.14. The first-order valence-corrected chi connectivity index (χ1v) is 9.72. The zero-order valence-electron chi connectivity index (χ0n) is 17.0. The Hall–Kier alpha value is -3.30. The first-order valence-electron chi connectivity index (χ1n) is 9.72. The minimum Gasteiger partial charge on any atom is -0.306 e. The largest absolute Gasteiger partial charge is 0.421 e. The van der Waals surface area contributed by atoms with Crippen LogP contribution in [0.5, 0.6) is 0 Å². The highest BCUT2D eigenvalue weighted by atomic mass is 19.4. The summed E-state index contributed by atoms with van der Waals surface area (Å²) in [7, 11) is 0. The lowest BCUT2D eigenvalue weighted by atomic mass is 10.1. The van der Waals surface area contributed by atoms with Crippen molar-refractivity contribution in [3.8, 4) is 0 Å². The zero-order chi connectivity index (χ0) is 22.7. The number of rotatable bonds is 4. The maximum Gasteiger partial charge on any atom is 0.421 e. The van der Waals surface area contributed by atoms with Crippen molar-refractivity contribution in [2.24, 2.45) is 0 Å². The topological polar surface area (TPSA) is 75.6 Å². The first-order chi connectivity index (χ1) is 14.5. The lowest BCUT2D eigenvalue weighted by Crippen LogP contribution is -2.23. The molecule has 0 fully saturated rings. The summed E-state index contributed by atoms with van der Waals surface area (Å²) in [4.78, 5) is 29.8. The maximum atomic E-state index is 14.1. The van der Waals surface area contributed by atoms with Gasteiger partial charge in [-0.2, -0.15) is 13.2 Å². The van der Waals surface area contributed by atoms with Gasteiger partial charge in [-0.05, 0) is 57.0 Å². The van der Waals surface area contributed by atoms with Crippen LogP contribution in [0.4, 0.5) is 17.6 Å². The minimum absolute atomic E-state index is 0.0495. The number of hydrogen-bond acceptors (Lipinski definition) is 2. The van der Waals surface area contributed by atoms with Crippen LogP contribution in [0.1, 0.15) is 44.0 Å². The second-order valence-electron chi connectivity index (χ2n) is 7.92. The van der Waals surface area contributed by atoms with E-state index in [0.717, 1.165) is 10.6 Å². The molecule has 31 heavy (non-hydrogen) atoms. The van der Waals surface area contributed by atoms with E-state index in [-0.39, 0.29) is 23.7 Å². The van der Waals surface area contributed by atoms with Crippen LogP contribution in [-0.4, -0.2) is 19.1 Å². The lowest BCUT2D eigenvalue weighted by Gasteiger charge is -2.17. The molecule has 0 aliphatic carbocycles. The Morgan fingerprint density at radius 2 is 1.58 bits per heavy atom. The summed E-state index contributed by atoms with van der Waals surface area (Å²) in [5.41, 5.74) is -1.05. The molecule has 6 nitrogen and oxygen atoms in total. The van der Waals surface area contributed by atoms with Gasteiger partial charge in [-0.15, -0.1) is 0 Å². The monoisotopic (exact) mass is 436 g/mol. The predicted octanol–water partition coefficient (Wildman–Crippen LogP) is 4.52. The molecule has 0 aliphatic rings. The van der Waals surface area contributed by atoms with Crippen molar-refractivity contribution in [3.05, 3.63) is 68.2 Å². The molecule has 164 valence electrons. The molecule has 2 aromatic carbocycles. The lowest BCUT2D eigenvalue weighted by molar-refractivity contribution is -0.138. The van der Waals surface area contributed by atoms with Gasteiger partial charge >= 0.3 is 17.6 Å². The standard InChI is InChI=1S/C21H20F4N4O2/c1-10(2)28-16-7-4-12(9-15(16)27-19(28)30)8-11(3)29-18-14(26-20(29)31)6-5-13(22)17(18)21(23,24)25/h4-7,9-11H,8H2,1-3H3,(H,26,31)(H,27,30). The number of benzene rings is 2. The van der Waals surface area contributed by atoms with E-state index in [1.807, 2.05) is 13.8 Å². The summed E-state index contributed by atoms with van der Waals surface area (Å²) in [5, 5.41) is 0. The molecule has 0 spiro atoms. The van der Waals surface area contributed by atoms with Gasteiger partial charge in [-0.1, -0.05) is 6.07 Å². The number of aromatic nitrogens is 4. The number of H-pyrrole nitrogens is 2. The van der Waals surface area contributed by atoms with Gasteiger partial charge in [-0.3, -0.25) is 9.13 Å². The van der Waals surface area contributed by atoms with Crippen molar-refractivity contribution < 1.29 is 17.6 Å². The summed E-state index contributed by atoms with van der Waals surface area (Å²) in [6, 6.07) is 6.31. The Balaban J connectivity index is 1.80. The average Bonchev–Trinajstić information content (AvgIpc) is 3.15. The molecule has 0 saturated heterocycles. The summed E-state index contributed by atoms with van der Waals surface area (Å²) in [5.74, 6) is -1.44. The number of nitrogens with one attached hydrogen (secondary N) is 2. The third kappa shape index (κ3) is 3.45. The Morgan fingerprint density at radius 3 is 2.23 bits per heavy atom. The molecule has 2 N–H and O–H groups in total. The van der Waals surface area contributed by atoms with Gasteiger partial charge in [0.25, 0.3) is 0 Å². The molecule has 10 heteroatoms. The molecule has 0 amide bonds. The van der Waals surface area contributed by atoms with E-state index in [2.05, 4.69) is 9.97 Å². The zero-order valence-corrected chi connectivity index (χ0v) is 17.0. The third-order valence-corrected chi connectivity index (χ3v) is 5.38. The van der Waals surface area contributed by atoms with Gasteiger partial charge in [0.2, 0.25) is 0 Å². The van der Waals surface area contributed by atoms with Crippen LogP contribution < -0.4 is 11.4 Å². The van der Waals surface area contributed by atoms with Crippen LogP contribution in [0, 0.1) is 5.82 Å². The predicted molar refractivity (Wildman–Crippen MR) is 109 cm³/mol. The van der Waals surface area contributed by atoms with Crippen molar-refractivity contribution in [1.29, 1.82) is 0 Å². The molecular formula is C21H20F4N4O2. The number of fused-ring (bicyclic) bond motifs is 2. The molecular weight excluding hydrogens is 416 g/mol. The number of nitrogens with zero attached hydrogens (tertiary/aromatic N) is 2. The fourth-order valence-electron chi connectivity index (χ4n) is 4.14. The fraction of sp³-hybridized carbons (Fsp3) is 0.333. The van der Waals surface area contributed by atoms with Gasteiger partial charge in [0.1, 0.15) is 11.4 Å². The van der Waals surface area contributed by atoms with Crippen molar-refractivity contribution >= 4 is 22.1 Å². The van der Waals surface area contributed by atoms with Crippen molar-refractivity contribution in [1.82, 2.24) is 19.1 Å².